The van der Waals surface area contributed by atoms with E-state index in [4.69, 9.17) is 5.11 Å². The molecule has 0 aromatic heterocycles. The summed E-state index contributed by atoms with van der Waals surface area (Å²) in [7, 11) is 0. The lowest BCUT2D eigenvalue weighted by Gasteiger charge is -2.15. The smallest absolute Gasteiger partial charge is 0.335 e. The summed E-state index contributed by atoms with van der Waals surface area (Å²) in [6.07, 6.45) is 11.5. The Balaban J connectivity index is 0. The molecular weight excluding hydrogens is 308 g/mol. The van der Waals surface area contributed by atoms with Crippen LogP contribution in [0.5, 0.6) is 0 Å². The first-order valence-electron chi connectivity index (χ1n) is 10.4. The molecule has 0 aliphatic rings. The van der Waals surface area contributed by atoms with Crippen LogP contribution in [-0.4, -0.2) is 11.1 Å². The van der Waals surface area contributed by atoms with Gasteiger partial charge in [0.2, 0.25) is 0 Å². The first-order valence-corrected chi connectivity index (χ1v) is 10.4. The van der Waals surface area contributed by atoms with E-state index < -0.39 is 5.97 Å². The maximum atomic E-state index is 10.8. The molecular formula is C23H42O2. The Hall–Kier alpha value is -1.31. The first kappa shape index (κ1) is 25.9. The van der Waals surface area contributed by atoms with Crippen molar-refractivity contribution in [2.24, 2.45) is 5.92 Å². The number of carboxylic acid groups (broad SMARTS) is 1. The minimum Gasteiger partial charge on any atom is -0.478 e. The molecule has 0 saturated carbocycles. The van der Waals surface area contributed by atoms with Crippen molar-refractivity contribution in [3.8, 4) is 0 Å². The van der Waals surface area contributed by atoms with E-state index in [1.807, 2.05) is 26.0 Å². The van der Waals surface area contributed by atoms with Gasteiger partial charge in [0.15, 0.2) is 0 Å². The van der Waals surface area contributed by atoms with E-state index in [9.17, 15) is 4.79 Å². The van der Waals surface area contributed by atoms with Gasteiger partial charge in [0.25, 0.3) is 0 Å². The molecule has 0 fully saturated rings. The number of rotatable bonds is 10. The van der Waals surface area contributed by atoms with Crippen molar-refractivity contribution in [2.75, 3.05) is 0 Å². The van der Waals surface area contributed by atoms with Crippen molar-refractivity contribution in [2.45, 2.75) is 99.3 Å². The molecule has 0 bridgehead atoms. The molecule has 1 aromatic rings. The van der Waals surface area contributed by atoms with Crippen LogP contribution in [0.25, 0.3) is 0 Å². The summed E-state index contributed by atoms with van der Waals surface area (Å²) in [5, 5.41) is 8.86. The second kappa shape index (κ2) is 19.0. The summed E-state index contributed by atoms with van der Waals surface area (Å²) in [6, 6.07) is 7.33. The van der Waals surface area contributed by atoms with Crippen LogP contribution in [0.1, 0.15) is 109 Å². The molecule has 1 rings (SSSR count). The van der Waals surface area contributed by atoms with E-state index in [-0.39, 0.29) is 0 Å². The highest BCUT2D eigenvalue weighted by atomic mass is 16.4. The van der Waals surface area contributed by atoms with Crippen LogP contribution in [-0.2, 0) is 6.42 Å². The highest BCUT2D eigenvalue weighted by molar-refractivity contribution is 5.87. The molecule has 0 radical (unpaired) electrons. The Morgan fingerprint density at radius 1 is 0.840 bits per heavy atom. The lowest BCUT2D eigenvalue weighted by atomic mass is 9.90. The van der Waals surface area contributed by atoms with Crippen molar-refractivity contribution in [1.82, 2.24) is 0 Å². The van der Waals surface area contributed by atoms with Gasteiger partial charge in [0.05, 0.1) is 5.56 Å². The molecule has 0 aliphatic carbocycles. The zero-order chi connectivity index (χ0) is 19.5. The molecule has 1 unspecified atom stereocenters. The Morgan fingerprint density at radius 2 is 1.36 bits per heavy atom. The van der Waals surface area contributed by atoms with Crippen LogP contribution in [0.4, 0.5) is 0 Å². The van der Waals surface area contributed by atoms with Gasteiger partial charge in [0.1, 0.15) is 0 Å². The van der Waals surface area contributed by atoms with Gasteiger partial charge in [-0.15, -0.1) is 0 Å². The summed E-state index contributed by atoms with van der Waals surface area (Å²) < 4.78 is 0. The largest absolute Gasteiger partial charge is 0.478 e. The van der Waals surface area contributed by atoms with Crippen molar-refractivity contribution in [3.05, 3.63) is 35.4 Å². The zero-order valence-electron chi connectivity index (χ0n) is 17.6. The van der Waals surface area contributed by atoms with Gasteiger partial charge in [-0.1, -0.05) is 105 Å². The third kappa shape index (κ3) is 14.7. The van der Waals surface area contributed by atoms with E-state index in [0.717, 1.165) is 12.3 Å². The number of unbranched alkanes of at least 4 members (excludes halogenated alkanes) is 3. The molecule has 0 spiro atoms. The van der Waals surface area contributed by atoms with E-state index in [1.54, 1.807) is 12.1 Å². The molecule has 0 amide bonds. The van der Waals surface area contributed by atoms with Gasteiger partial charge in [-0.05, 0) is 30.0 Å². The average molecular weight is 351 g/mol. The summed E-state index contributed by atoms with van der Waals surface area (Å²) >= 11 is 0. The van der Waals surface area contributed by atoms with Gasteiger partial charge >= 0.3 is 5.97 Å². The summed E-state index contributed by atoms with van der Waals surface area (Å²) in [5.41, 5.74) is 1.63. The van der Waals surface area contributed by atoms with Crippen molar-refractivity contribution in [3.63, 3.8) is 0 Å². The van der Waals surface area contributed by atoms with Crippen LogP contribution in [0, 0.1) is 5.92 Å². The fraction of sp³-hybridized carbons (Fsp3) is 0.696. The maximum Gasteiger partial charge on any atom is 0.335 e. The minimum atomic E-state index is -0.849. The number of hydrogen-bond donors (Lipinski definition) is 1. The number of aromatic carboxylic acids is 1. The standard InChI is InChI=1S/C16H24O2.C5H12.C2H6/c1-3-5-7-13(6-4-2)12-14-8-10-15(11-9-14)16(17)18;1-3-5-4-2;1-2/h8-11,13H,3-7,12H2,1-2H3,(H,17,18);3-5H2,1-2H3;1-2H3. The highest BCUT2D eigenvalue weighted by Gasteiger charge is 2.09. The van der Waals surface area contributed by atoms with Crippen LogP contribution in [0.15, 0.2) is 24.3 Å². The molecule has 1 aromatic carbocycles. The maximum absolute atomic E-state index is 10.8. The van der Waals surface area contributed by atoms with Crippen LogP contribution >= 0.6 is 0 Å². The topological polar surface area (TPSA) is 37.3 Å². The summed E-state index contributed by atoms with van der Waals surface area (Å²) in [6.45, 7) is 12.9. The average Bonchev–Trinajstić information content (AvgIpc) is 2.63. The van der Waals surface area contributed by atoms with E-state index in [1.165, 1.54) is 56.9 Å². The quantitative estimate of drug-likeness (QED) is 0.468. The van der Waals surface area contributed by atoms with Gasteiger partial charge in [0, 0.05) is 0 Å². The molecule has 146 valence electrons. The number of carboxylic acids is 1. The molecule has 1 atom stereocenters. The Bertz CT molecular complexity index is 393. The van der Waals surface area contributed by atoms with E-state index in [0.29, 0.717) is 5.56 Å². The van der Waals surface area contributed by atoms with Crippen LogP contribution < -0.4 is 0 Å². The number of hydrogen-bond acceptors (Lipinski definition) is 1. The zero-order valence-corrected chi connectivity index (χ0v) is 17.6. The third-order valence-corrected chi connectivity index (χ3v) is 4.10. The molecule has 0 saturated heterocycles. The van der Waals surface area contributed by atoms with Gasteiger partial charge in [-0.3, -0.25) is 0 Å². The summed E-state index contributed by atoms with van der Waals surface area (Å²) in [5.74, 6) is -0.108. The number of benzene rings is 1. The molecule has 2 heteroatoms. The Morgan fingerprint density at radius 3 is 1.72 bits per heavy atom. The SMILES string of the molecule is CC.CCCCC.CCCCC(CCC)Cc1ccc(C(=O)O)cc1. The molecule has 0 heterocycles. The normalized spacial score (nSPS) is 10.8. The lowest BCUT2D eigenvalue weighted by Crippen LogP contribution is -2.05. The van der Waals surface area contributed by atoms with Crippen molar-refractivity contribution in [1.29, 1.82) is 0 Å². The van der Waals surface area contributed by atoms with Gasteiger partial charge in [-0.25, -0.2) is 4.79 Å². The lowest BCUT2D eigenvalue weighted by molar-refractivity contribution is 0.0697. The molecule has 25 heavy (non-hydrogen) atoms. The van der Waals surface area contributed by atoms with Gasteiger partial charge < -0.3 is 5.11 Å². The van der Waals surface area contributed by atoms with Crippen molar-refractivity contribution < 1.29 is 9.90 Å². The second-order valence-corrected chi connectivity index (χ2v) is 6.36. The first-order chi connectivity index (χ1) is 12.1. The number of carbonyl (C=O) groups is 1. The van der Waals surface area contributed by atoms with Crippen LogP contribution in [0.3, 0.4) is 0 Å². The third-order valence-electron chi connectivity index (χ3n) is 4.10. The fourth-order valence-corrected chi connectivity index (χ4v) is 2.72. The predicted molar refractivity (Wildman–Crippen MR) is 112 cm³/mol. The predicted octanol–water partition coefficient (Wildman–Crippen LogP) is 7.76. The second-order valence-electron chi connectivity index (χ2n) is 6.36. The van der Waals surface area contributed by atoms with E-state index in [2.05, 4.69) is 27.7 Å². The van der Waals surface area contributed by atoms with E-state index >= 15 is 0 Å². The Labute approximate surface area is 157 Å². The highest BCUT2D eigenvalue weighted by Crippen LogP contribution is 2.20. The van der Waals surface area contributed by atoms with Crippen molar-refractivity contribution >= 4 is 5.97 Å². The molecule has 1 N–H and O–H groups in total. The fourth-order valence-electron chi connectivity index (χ4n) is 2.72. The molecule has 0 aliphatic heterocycles. The summed E-state index contributed by atoms with van der Waals surface area (Å²) in [4.78, 5) is 10.8. The van der Waals surface area contributed by atoms with Gasteiger partial charge in [-0.2, -0.15) is 0 Å². The monoisotopic (exact) mass is 350 g/mol. The van der Waals surface area contributed by atoms with Crippen LogP contribution in [0.2, 0.25) is 0 Å². The minimum absolute atomic E-state index is 0.374. The molecule has 2 nitrogen and oxygen atoms in total. The Kier molecular flexibility index (Phi) is 19.7.